The highest BCUT2D eigenvalue weighted by atomic mass is 19.2. The van der Waals surface area contributed by atoms with E-state index in [9.17, 15) is 8.78 Å². The number of hydrogen-bond acceptors (Lipinski definition) is 4. The van der Waals surface area contributed by atoms with Crippen molar-refractivity contribution in [3.8, 4) is 0 Å². The maximum Gasteiger partial charge on any atom is 0.160 e. The van der Waals surface area contributed by atoms with Crippen LogP contribution in [-0.2, 0) is 0 Å². The summed E-state index contributed by atoms with van der Waals surface area (Å²) in [5, 5.41) is 2.98. The summed E-state index contributed by atoms with van der Waals surface area (Å²) in [6.45, 7) is 4.18. The SMILES string of the molecule is CC1CCCN(c2cc(Nc3ccc(F)c(F)c3)ncn2)C1. The molecule has 0 radical (unpaired) electrons. The van der Waals surface area contributed by atoms with E-state index in [1.54, 1.807) is 0 Å². The zero-order valence-corrected chi connectivity index (χ0v) is 12.4. The van der Waals surface area contributed by atoms with Crippen LogP contribution in [0.3, 0.4) is 0 Å². The number of aromatic nitrogens is 2. The van der Waals surface area contributed by atoms with Gasteiger partial charge in [-0.3, -0.25) is 0 Å². The molecule has 1 unspecified atom stereocenters. The first-order valence-corrected chi connectivity index (χ1v) is 7.41. The molecule has 1 aromatic carbocycles. The second kappa shape index (κ2) is 6.25. The number of rotatable bonds is 3. The van der Waals surface area contributed by atoms with Gasteiger partial charge in [-0.1, -0.05) is 6.92 Å². The second-order valence-corrected chi connectivity index (χ2v) is 5.71. The number of halogens is 2. The minimum atomic E-state index is -0.885. The van der Waals surface area contributed by atoms with E-state index in [2.05, 4.69) is 27.1 Å². The minimum absolute atomic E-state index is 0.454. The Morgan fingerprint density at radius 2 is 2.05 bits per heavy atom. The molecule has 1 aliphatic rings. The molecule has 2 aromatic rings. The normalized spacial score (nSPS) is 18.3. The maximum absolute atomic E-state index is 13.2. The van der Waals surface area contributed by atoms with Crippen LogP contribution in [0.2, 0.25) is 0 Å². The Morgan fingerprint density at radius 1 is 1.18 bits per heavy atom. The third-order valence-corrected chi connectivity index (χ3v) is 3.83. The van der Waals surface area contributed by atoms with Crippen molar-refractivity contribution in [2.75, 3.05) is 23.3 Å². The van der Waals surface area contributed by atoms with Gasteiger partial charge in [0.2, 0.25) is 0 Å². The molecule has 0 amide bonds. The lowest BCUT2D eigenvalue weighted by atomic mass is 10.0. The Balaban J connectivity index is 1.77. The summed E-state index contributed by atoms with van der Waals surface area (Å²) in [5.41, 5.74) is 0.454. The Bertz CT molecular complexity index is 662. The second-order valence-electron chi connectivity index (χ2n) is 5.71. The number of nitrogens with zero attached hydrogens (tertiary/aromatic N) is 3. The lowest BCUT2D eigenvalue weighted by Gasteiger charge is -2.31. The summed E-state index contributed by atoms with van der Waals surface area (Å²) in [4.78, 5) is 10.7. The molecule has 1 aliphatic heterocycles. The highest BCUT2D eigenvalue weighted by molar-refractivity contribution is 5.59. The van der Waals surface area contributed by atoms with Gasteiger partial charge in [0.25, 0.3) is 0 Å². The van der Waals surface area contributed by atoms with Crippen molar-refractivity contribution in [2.45, 2.75) is 19.8 Å². The lowest BCUT2D eigenvalue weighted by molar-refractivity contribution is 0.444. The van der Waals surface area contributed by atoms with Crippen molar-refractivity contribution < 1.29 is 8.78 Å². The molecule has 0 bridgehead atoms. The summed E-state index contributed by atoms with van der Waals surface area (Å²) < 4.78 is 26.2. The predicted octanol–water partition coefficient (Wildman–Crippen LogP) is 3.73. The van der Waals surface area contributed by atoms with Crippen molar-refractivity contribution in [1.82, 2.24) is 9.97 Å². The van der Waals surface area contributed by atoms with E-state index in [-0.39, 0.29) is 0 Å². The van der Waals surface area contributed by atoms with Gasteiger partial charge in [-0.15, -0.1) is 0 Å². The van der Waals surface area contributed by atoms with Crippen molar-refractivity contribution in [2.24, 2.45) is 5.92 Å². The number of benzene rings is 1. The predicted molar refractivity (Wildman–Crippen MR) is 82.3 cm³/mol. The van der Waals surface area contributed by atoms with Gasteiger partial charge in [-0.05, 0) is 30.9 Å². The van der Waals surface area contributed by atoms with Gasteiger partial charge in [0, 0.05) is 30.9 Å². The standard InChI is InChI=1S/C16H18F2N4/c1-11-3-2-6-22(9-11)16-8-15(19-10-20-16)21-12-4-5-13(17)14(18)7-12/h4-5,7-8,10-11H,2-3,6,9H2,1H3,(H,19,20,21). The first-order chi connectivity index (χ1) is 10.6. The molecule has 1 atom stereocenters. The largest absolute Gasteiger partial charge is 0.356 e. The number of anilines is 3. The van der Waals surface area contributed by atoms with Gasteiger partial charge >= 0.3 is 0 Å². The first-order valence-electron chi connectivity index (χ1n) is 7.41. The lowest BCUT2D eigenvalue weighted by Crippen LogP contribution is -2.34. The van der Waals surface area contributed by atoms with Crippen molar-refractivity contribution in [3.63, 3.8) is 0 Å². The Kier molecular flexibility index (Phi) is 4.18. The van der Waals surface area contributed by atoms with Crippen molar-refractivity contribution in [3.05, 3.63) is 42.2 Å². The summed E-state index contributed by atoms with van der Waals surface area (Å²) in [5.74, 6) is 0.313. The summed E-state index contributed by atoms with van der Waals surface area (Å²) in [7, 11) is 0. The Hall–Kier alpha value is -2.24. The molecule has 1 N–H and O–H groups in total. The zero-order valence-electron chi connectivity index (χ0n) is 12.4. The van der Waals surface area contributed by atoms with Crippen molar-refractivity contribution in [1.29, 1.82) is 0 Å². The van der Waals surface area contributed by atoms with Crippen molar-refractivity contribution >= 4 is 17.3 Å². The van der Waals surface area contributed by atoms with Crippen LogP contribution in [0.4, 0.5) is 26.1 Å². The molecule has 6 heteroatoms. The number of nitrogens with one attached hydrogen (secondary N) is 1. The number of hydrogen-bond donors (Lipinski definition) is 1. The van der Waals surface area contributed by atoms with Crippen LogP contribution in [0.25, 0.3) is 0 Å². The minimum Gasteiger partial charge on any atom is -0.356 e. The maximum atomic E-state index is 13.2. The Labute approximate surface area is 128 Å². The van der Waals surface area contributed by atoms with Gasteiger partial charge in [-0.25, -0.2) is 18.7 Å². The molecule has 116 valence electrons. The van der Waals surface area contributed by atoms with Crippen LogP contribution in [0, 0.1) is 17.6 Å². The van der Waals surface area contributed by atoms with E-state index >= 15 is 0 Å². The topological polar surface area (TPSA) is 41.0 Å². The molecule has 22 heavy (non-hydrogen) atoms. The molecule has 3 rings (SSSR count). The third kappa shape index (κ3) is 3.32. The zero-order chi connectivity index (χ0) is 15.5. The molecule has 1 saturated heterocycles. The fourth-order valence-electron chi connectivity index (χ4n) is 2.71. The third-order valence-electron chi connectivity index (χ3n) is 3.83. The molecule has 0 aliphatic carbocycles. The van der Waals surface area contributed by atoms with Gasteiger partial charge in [0.1, 0.15) is 18.0 Å². The van der Waals surface area contributed by atoms with Gasteiger partial charge in [0.15, 0.2) is 11.6 Å². The van der Waals surface area contributed by atoms with Crippen LogP contribution in [0.1, 0.15) is 19.8 Å². The van der Waals surface area contributed by atoms with Gasteiger partial charge in [0.05, 0.1) is 0 Å². The molecular formula is C16H18F2N4. The fraction of sp³-hybridized carbons (Fsp3) is 0.375. The van der Waals surface area contributed by atoms with E-state index in [1.165, 1.54) is 18.8 Å². The Morgan fingerprint density at radius 3 is 2.82 bits per heavy atom. The molecule has 2 heterocycles. The molecule has 4 nitrogen and oxygen atoms in total. The highest BCUT2D eigenvalue weighted by Crippen LogP contribution is 2.24. The molecule has 0 saturated carbocycles. The average Bonchev–Trinajstić information content (AvgIpc) is 2.51. The van der Waals surface area contributed by atoms with Gasteiger partial charge < -0.3 is 10.2 Å². The summed E-state index contributed by atoms with van der Waals surface area (Å²) in [6.07, 6.45) is 3.87. The molecule has 1 aromatic heterocycles. The number of piperidine rings is 1. The van der Waals surface area contributed by atoms with Crippen LogP contribution >= 0.6 is 0 Å². The molecular weight excluding hydrogens is 286 g/mol. The van der Waals surface area contributed by atoms with Crippen LogP contribution in [0.5, 0.6) is 0 Å². The first kappa shape index (κ1) is 14.7. The van der Waals surface area contributed by atoms with E-state index in [0.29, 0.717) is 17.4 Å². The van der Waals surface area contributed by atoms with E-state index < -0.39 is 11.6 Å². The summed E-state index contributed by atoms with van der Waals surface area (Å²) >= 11 is 0. The fourth-order valence-corrected chi connectivity index (χ4v) is 2.71. The average molecular weight is 304 g/mol. The van der Waals surface area contributed by atoms with E-state index in [1.807, 2.05) is 6.07 Å². The monoisotopic (exact) mass is 304 g/mol. The van der Waals surface area contributed by atoms with Crippen LogP contribution in [0.15, 0.2) is 30.6 Å². The highest BCUT2D eigenvalue weighted by Gasteiger charge is 2.18. The van der Waals surface area contributed by atoms with Crippen LogP contribution < -0.4 is 10.2 Å². The quantitative estimate of drug-likeness (QED) is 0.938. The summed E-state index contributed by atoms with van der Waals surface area (Å²) in [6, 6.07) is 5.51. The molecule has 1 fully saturated rings. The molecule has 0 spiro atoms. The van der Waals surface area contributed by atoms with Gasteiger partial charge in [-0.2, -0.15) is 0 Å². The van der Waals surface area contributed by atoms with E-state index in [0.717, 1.165) is 37.5 Å². The van der Waals surface area contributed by atoms with E-state index in [4.69, 9.17) is 0 Å². The van der Waals surface area contributed by atoms with Crippen LogP contribution in [-0.4, -0.2) is 23.1 Å². The smallest absolute Gasteiger partial charge is 0.160 e.